The Labute approximate surface area is 157 Å². The number of nitro benzene ring substituents is 1. The Balaban J connectivity index is 1.87. The first-order valence-corrected chi connectivity index (χ1v) is 8.41. The number of aryl methyl sites for hydroxylation is 1. The van der Waals surface area contributed by atoms with Crippen LogP contribution in [0.5, 0.6) is 0 Å². The number of nitrogens with zero attached hydrogens (tertiary/aromatic N) is 5. The van der Waals surface area contributed by atoms with E-state index in [2.05, 4.69) is 15.5 Å². The number of rotatable bonds is 5. The fourth-order valence-corrected chi connectivity index (χ4v) is 3.07. The molecule has 1 N–H and O–H groups in total. The maximum Gasteiger partial charge on any atom is 0.284 e. The van der Waals surface area contributed by atoms with Crippen molar-refractivity contribution < 1.29 is 9.72 Å². The Morgan fingerprint density at radius 3 is 2.81 bits per heavy atom. The van der Waals surface area contributed by atoms with Crippen LogP contribution in [0.15, 0.2) is 58.8 Å². The zero-order valence-electron chi connectivity index (χ0n) is 14.0. The molecular formula is C17H12N6O3S. The molecule has 134 valence electrons. The predicted octanol–water partition coefficient (Wildman–Crippen LogP) is 3.00. The summed E-state index contributed by atoms with van der Waals surface area (Å²) < 4.78 is 1.64. The van der Waals surface area contributed by atoms with Gasteiger partial charge in [0.25, 0.3) is 11.6 Å². The standard InChI is InChI=1S/C17H12N6O3S/c1-22-10-19-21-17(22)27-15-6-5-12(8-14(15)23(25)26)16(24)20-13-4-2-3-11(7-13)9-18/h2-8,10H,1H3,(H,20,24). The number of aromatic nitrogens is 3. The van der Waals surface area contributed by atoms with Crippen molar-refractivity contribution in [1.29, 1.82) is 5.26 Å². The lowest BCUT2D eigenvalue weighted by Gasteiger charge is -2.07. The number of nitrogens with one attached hydrogen (secondary N) is 1. The number of carbonyl (C=O) groups excluding carboxylic acids is 1. The first-order chi connectivity index (χ1) is 13.0. The van der Waals surface area contributed by atoms with Crippen LogP contribution in [0.4, 0.5) is 11.4 Å². The van der Waals surface area contributed by atoms with Gasteiger partial charge in [0, 0.05) is 24.4 Å². The number of benzene rings is 2. The second kappa shape index (κ2) is 7.67. The van der Waals surface area contributed by atoms with Crippen LogP contribution in [0.3, 0.4) is 0 Å². The second-order valence-electron chi connectivity index (χ2n) is 5.41. The summed E-state index contributed by atoms with van der Waals surface area (Å²) >= 11 is 1.09. The lowest BCUT2D eigenvalue weighted by Crippen LogP contribution is -2.12. The van der Waals surface area contributed by atoms with Crippen LogP contribution in [-0.4, -0.2) is 25.6 Å². The van der Waals surface area contributed by atoms with Gasteiger partial charge >= 0.3 is 0 Å². The minimum atomic E-state index is -0.550. The molecule has 0 bridgehead atoms. The molecule has 3 aromatic rings. The molecule has 0 aliphatic carbocycles. The molecule has 10 heteroatoms. The van der Waals surface area contributed by atoms with Gasteiger partial charge in [0.1, 0.15) is 6.33 Å². The van der Waals surface area contributed by atoms with Crippen LogP contribution < -0.4 is 5.32 Å². The largest absolute Gasteiger partial charge is 0.322 e. The summed E-state index contributed by atoms with van der Waals surface area (Å²) in [6.45, 7) is 0. The van der Waals surface area contributed by atoms with E-state index >= 15 is 0 Å². The van der Waals surface area contributed by atoms with E-state index in [1.807, 2.05) is 6.07 Å². The summed E-state index contributed by atoms with van der Waals surface area (Å²) in [5, 5.41) is 31.1. The fraction of sp³-hybridized carbons (Fsp3) is 0.0588. The summed E-state index contributed by atoms with van der Waals surface area (Å²) in [6.07, 6.45) is 1.49. The quantitative estimate of drug-likeness (QED) is 0.532. The van der Waals surface area contributed by atoms with Crippen LogP contribution >= 0.6 is 11.8 Å². The molecule has 0 aliphatic rings. The maximum atomic E-state index is 12.4. The van der Waals surface area contributed by atoms with E-state index in [4.69, 9.17) is 5.26 Å². The Kier molecular flexibility index (Phi) is 5.14. The third-order valence-corrected chi connectivity index (χ3v) is 4.66. The van der Waals surface area contributed by atoms with Gasteiger partial charge in [-0.05, 0) is 42.1 Å². The van der Waals surface area contributed by atoms with Crippen LogP contribution in [0, 0.1) is 21.4 Å². The van der Waals surface area contributed by atoms with Crippen LogP contribution in [-0.2, 0) is 7.05 Å². The molecule has 9 nitrogen and oxygen atoms in total. The molecule has 0 spiro atoms. The van der Waals surface area contributed by atoms with E-state index in [1.54, 1.807) is 29.8 Å². The van der Waals surface area contributed by atoms with E-state index < -0.39 is 10.8 Å². The van der Waals surface area contributed by atoms with Crippen LogP contribution in [0.2, 0.25) is 0 Å². The number of nitro groups is 1. The fourth-order valence-electron chi connectivity index (χ4n) is 2.22. The number of amides is 1. The topological polar surface area (TPSA) is 127 Å². The number of nitriles is 1. The van der Waals surface area contributed by atoms with Gasteiger partial charge in [-0.15, -0.1) is 10.2 Å². The number of anilines is 1. The Morgan fingerprint density at radius 1 is 1.33 bits per heavy atom. The molecule has 0 unspecified atom stereocenters. The summed E-state index contributed by atoms with van der Waals surface area (Å²) in [5.41, 5.74) is 0.751. The summed E-state index contributed by atoms with van der Waals surface area (Å²) in [6, 6.07) is 12.6. The maximum absolute atomic E-state index is 12.4. The smallest absolute Gasteiger partial charge is 0.284 e. The molecule has 0 aliphatic heterocycles. The Hall–Kier alpha value is -3.71. The van der Waals surface area contributed by atoms with Crippen molar-refractivity contribution in [2.75, 3.05) is 5.32 Å². The monoisotopic (exact) mass is 380 g/mol. The lowest BCUT2D eigenvalue weighted by molar-refractivity contribution is -0.387. The molecule has 0 atom stereocenters. The van der Waals surface area contributed by atoms with Gasteiger partial charge in [-0.25, -0.2) is 0 Å². The van der Waals surface area contributed by atoms with Crippen molar-refractivity contribution in [3.05, 3.63) is 70.0 Å². The normalized spacial score (nSPS) is 10.2. The minimum Gasteiger partial charge on any atom is -0.322 e. The molecule has 0 saturated heterocycles. The first kappa shape index (κ1) is 18.1. The van der Waals surface area contributed by atoms with Gasteiger partial charge in [0.05, 0.1) is 21.5 Å². The van der Waals surface area contributed by atoms with E-state index in [9.17, 15) is 14.9 Å². The van der Waals surface area contributed by atoms with Gasteiger partial charge in [0.15, 0.2) is 5.16 Å². The second-order valence-corrected chi connectivity index (χ2v) is 6.42. The molecule has 0 fully saturated rings. The number of carbonyl (C=O) groups is 1. The van der Waals surface area contributed by atoms with Crippen LogP contribution in [0.25, 0.3) is 0 Å². The van der Waals surface area contributed by atoms with Gasteiger partial charge in [-0.1, -0.05) is 6.07 Å². The highest BCUT2D eigenvalue weighted by molar-refractivity contribution is 7.99. The van der Waals surface area contributed by atoms with Crippen molar-refractivity contribution in [2.24, 2.45) is 7.05 Å². The van der Waals surface area contributed by atoms with Crippen molar-refractivity contribution in [3.63, 3.8) is 0 Å². The summed E-state index contributed by atoms with van der Waals surface area (Å²) in [4.78, 5) is 23.7. The highest BCUT2D eigenvalue weighted by atomic mass is 32.2. The Bertz CT molecular complexity index is 1070. The average molecular weight is 380 g/mol. The highest BCUT2D eigenvalue weighted by Crippen LogP contribution is 2.34. The molecule has 3 rings (SSSR count). The minimum absolute atomic E-state index is 0.131. The molecule has 2 aromatic carbocycles. The lowest BCUT2D eigenvalue weighted by atomic mass is 10.1. The van der Waals surface area contributed by atoms with E-state index in [0.717, 1.165) is 11.8 Å². The molecule has 0 radical (unpaired) electrons. The molecule has 0 saturated carbocycles. The van der Waals surface area contributed by atoms with Gasteiger partial charge < -0.3 is 9.88 Å². The number of hydrogen-bond donors (Lipinski definition) is 1. The van der Waals surface area contributed by atoms with E-state index in [-0.39, 0.29) is 11.3 Å². The molecule has 1 amide bonds. The van der Waals surface area contributed by atoms with Crippen molar-refractivity contribution >= 4 is 29.0 Å². The molecule has 27 heavy (non-hydrogen) atoms. The summed E-state index contributed by atoms with van der Waals surface area (Å²) in [7, 11) is 1.73. The molecule has 1 heterocycles. The van der Waals surface area contributed by atoms with E-state index in [1.165, 1.54) is 30.6 Å². The van der Waals surface area contributed by atoms with Crippen molar-refractivity contribution in [2.45, 2.75) is 10.1 Å². The Morgan fingerprint density at radius 2 is 2.15 bits per heavy atom. The zero-order chi connectivity index (χ0) is 19.4. The average Bonchev–Trinajstić information content (AvgIpc) is 3.06. The third kappa shape index (κ3) is 4.10. The van der Waals surface area contributed by atoms with Crippen molar-refractivity contribution in [1.82, 2.24) is 14.8 Å². The summed E-state index contributed by atoms with van der Waals surface area (Å²) in [5.74, 6) is -0.511. The van der Waals surface area contributed by atoms with Gasteiger partial charge in [0.2, 0.25) is 0 Å². The first-order valence-electron chi connectivity index (χ1n) is 7.59. The van der Waals surface area contributed by atoms with E-state index in [0.29, 0.717) is 21.3 Å². The highest BCUT2D eigenvalue weighted by Gasteiger charge is 2.20. The number of hydrogen-bond acceptors (Lipinski definition) is 7. The molecule has 1 aromatic heterocycles. The van der Waals surface area contributed by atoms with Gasteiger partial charge in [-0.2, -0.15) is 5.26 Å². The SMILES string of the molecule is Cn1cnnc1Sc1ccc(C(=O)Nc2cccc(C#N)c2)cc1[N+](=O)[O-]. The third-order valence-electron chi connectivity index (χ3n) is 3.54. The predicted molar refractivity (Wildman–Crippen MR) is 97.3 cm³/mol. The van der Waals surface area contributed by atoms with Crippen LogP contribution in [0.1, 0.15) is 15.9 Å². The van der Waals surface area contributed by atoms with Gasteiger partial charge in [-0.3, -0.25) is 14.9 Å². The zero-order valence-corrected chi connectivity index (χ0v) is 14.8. The molecular weight excluding hydrogens is 368 g/mol. The van der Waals surface area contributed by atoms with Crippen molar-refractivity contribution in [3.8, 4) is 6.07 Å².